The van der Waals surface area contributed by atoms with Gasteiger partial charge in [0.2, 0.25) is 0 Å². The number of rotatable bonds is 5. The summed E-state index contributed by atoms with van der Waals surface area (Å²) in [6.45, 7) is -0.500. The van der Waals surface area contributed by atoms with Crippen molar-refractivity contribution in [1.29, 1.82) is 0 Å². The summed E-state index contributed by atoms with van der Waals surface area (Å²) in [7, 11) is -4.64. The molecule has 0 aromatic heterocycles. The molecule has 0 saturated heterocycles. The number of carboxylic acid groups (broad SMARTS) is 2. The first-order valence-electron chi connectivity index (χ1n) is 6.07. The van der Waals surface area contributed by atoms with Crippen molar-refractivity contribution in [2.24, 2.45) is 0 Å². The van der Waals surface area contributed by atoms with Gasteiger partial charge in [-0.15, -0.1) is 0 Å². The molecular formula is C12H19NaO11S. The molecule has 0 spiro atoms. The quantitative estimate of drug-likeness (QED) is 0.207. The van der Waals surface area contributed by atoms with E-state index in [0.29, 0.717) is 12.1 Å². The summed E-state index contributed by atoms with van der Waals surface area (Å²) in [4.78, 5) is 20.4. The third kappa shape index (κ3) is 13.8. The van der Waals surface area contributed by atoms with Crippen LogP contribution in [-0.4, -0.2) is 112 Å². The summed E-state index contributed by atoms with van der Waals surface area (Å²) >= 11 is 0. The van der Waals surface area contributed by atoms with Gasteiger partial charge in [0, 0.05) is 0 Å². The van der Waals surface area contributed by atoms with Crippen LogP contribution in [0, 0.1) is 0 Å². The standard InChI is InChI=1S/C8H6O7S.2C2H6O2.Na.H/c9-7(10)4-1-5(8(11)12)3-6(2-4)16(13,14)15;2*3-1-2-4;;/h1-3H,(H,9,10)(H,11,12)(H,13,14,15);2*3-4H,1-2H2;;. The Labute approximate surface area is 165 Å². The Morgan fingerprint density at radius 2 is 1.04 bits per heavy atom. The fraction of sp³-hybridized carbons (Fsp3) is 0.333. The Balaban J connectivity index is -0.000000454. The average molecular weight is 394 g/mol. The minimum atomic E-state index is -4.64. The number of carboxylic acids is 2. The van der Waals surface area contributed by atoms with E-state index in [1.807, 2.05) is 0 Å². The van der Waals surface area contributed by atoms with Crippen LogP contribution in [0.2, 0.25) is 0 Å². The van der Waals surface area contributed by atoms with Crippen molar-refractivity contribution in [3.05, 3.63) is 29.3 Å². The van der Waals surface area contributed by atoms with Crippen molar-refractivity contribution in [3.63, 3.8) is 0 Å². The SMILES string of the molecule is O=C(O)c1cc(C(=O)O)cc(S(=O)(=O)O)c1.OCCO.OCCO.[NaH]. The Kier molecular flexibility index (Phi) is 17.4. The van der Waals surface area contributed by atoms with E-state index in [1.165, 1.54) is 0 Å². The van der Waals surface area contributed by atoms with Gasteiger partial charge in [0.05, 0.1) is 42.4 Å². The molecule has 1 aromatic rings. The maximum atomic E-state index is 10.8. The van der Waals surface area contributed by atoms with Gasteiger partial charge in [-0.25, -0.2) is 9.59 Å². The summed E-state index contributed by atoms with van der Waals surface area (Å²) in [5.41, 5.74) is -1.07. The molecule has 1 rings (SSSR count). The Bertz CT molecular complexity index is 590. The molecule has 11 nitrogen and oxygen atoms in total. The zero-order valence-electron chi connectivity index (χ0n) is 12.2. The van der Waals surface area contributed by atoms with Crippen molar-refractivity contribution >= 4 is 51.6 Å². The van der Waals surface area contributed by atoms with Crippen LogP contribution in [0.4, 0.5) is 0 Å². The molecule has 0 atom stereocenters. The number of hydrogen-bond donors (Lipinski definition) is 7. The van der Waals surface area contributed by atoms with Crippen LogP contribution in [0.5, 0.6) is 0 Å². The van der Waals surface area contributed by atoms with Gasteiger partial charge in [-0.2, -0.15) is 8.42 Å². The van der Waals surface area contributed by atoms with Crippen LogP contribution < -0.4 is 0 Å². The molecule has 140 valence electrons. The Morgan fingerprint density at radius 3 is 1.20 bits per heavy atom. The van der Waals surface area contributed by atoms with Gasteiger partial charge in [-0.1, -0.05) is 0 Å². The molecule has 0 saturated carbocycles. The summed E-state index contributed by atoms with van der Waals surface area (Å²) in [6, 6.07) is 2.13. The van der Waals surface area contributed by atoms with Crippen LogP contribution in [0.1, 0.15) is 20.7 Å². The first-order chi connectivity index (χ1) is 11.0. The summed E-state index contributed by atoms with van der Waals surface area (Å²) in [5.74, 6) is -2.99. The van der Waals surface area contributed by atoms with Gasteiger partial charge in [-0.05, 0) is 18.2 Å². The van der Waals surface area contributed by atoms with E-state index in [0.717, 1.165) is 6.07 Å². The van der Waals surface area contributed by atoms with Gasteiger partial charge < -0.3 is 30.6 Å². The molecule has 0 amide bonds. The molecular weight excluding hydrogens is 375 g/mol. The number of aromatic carboxylic acids is 2. The molecule has 1 aromatic carbocycles. The second-order valence-electron chi connectivity index (χ2n) is 3.73. The molecule has 0 heterocycles. The number of aliphatic hydroxyl groups is 4. The number of hydrogen-bond acceptors (Lipinski definition) is 8. The zero-order chi connectivity index (χ0) is 19.3. The molecule has 0 aliphatic rings. The monoisotopic (exact) mass is 394 g/mol. The first-order valence-corrected chi connectivity index (χ1v) is 7.51. The van der Waals surface area contributed by atoms with Crippen LogP contribution in [-0.2, 0) is 10.1 Å². The van der Waals surface area contributed by atoms with Crippen molar-refractivity contribution in [2.75, 3.05) is 26.4 Å². The van der Waals surface area contributed by atoms with Gasteiger partial charge >= 0.3 is 41.5 Å². The maximum absolute atomic E-state index is 10.8. The topological polar surface area (TPSA) is 210 Å². The number of carbonyl (C=O) groups is 2. The van der Waals surface area contributed by atoms with Crippen LogP contribution in [0.3, 0.4) is 0 Å². The molecule has 0 aliphatic carbocycles. The summed E-state index contributed by atoms with van der Waals surface area (Å²) in [6.07, 6.45) is 0. The second kappa shape index (κ2) is 15.2. The van der Waals surface area contributed by atoms with E-state index in [9.17, 15) is 18.0 Å². The molecule has 0 unspecified atom stereocenters. The zero-order valence-corrected chi connectivity index (χ0v) is 13.0. The molecule has 13 heteroatoms. The number of benzene rings is 1. The Hall–Kier alpha value is -1.09. The van der Waals surface area contributed by atoms with E-state index in [4.69, 9.17) is 35.2 Å². The van der Waals surface area contributed by atoms with E-state index < -0.39 is 38.1 Å². The summed E-state index contributed by atoms with van der Waals surface area (Å²) < 4.78 is 30.2. The van der Waals surface area contributed by atoms with Gasteiger partial charge in [0.15, 0.2) is 0 Å². The van der Waals surface area contributed by atoms with E-state index in [2.05, 4.69) is 0 Å². The molecule has 0 aliphatic heterocycles. The molecule has 25 heavy (non-hydrogen) atoms. The normalized spacial score (nSPS) is 9.48. The second-order valence-corrected chi connectivity index (χ2v) is 5.15. The number of aliphatic hydroxyl groups excluding tert-OH is 4. The van der Waals surface area contributed by atoms with E-state index >= 15 is 0 Å². The van der Waals surface area contributed by atoms with Crippen molar-refractivity contribution in [1.82, 2.24) is 0 Å². The average Bonchev–Trinajstić information content (AvgIpc) is 2.53. The van der Waals surface area contributed by atoms with Crippen molar-refractivity contribution < 1.29 is 53.2 Å². The third-order valence-electron chi connectivity index (χ3n) is 1.90. The fourth-order valence-electron chi connectivity index (χ4n) is 0.995. The van der Waals surface area contributed by atoms with Gasteiger partial charge in [0.25, 0.3) is 10.1 Å². The van der Waals surface area contributed by atoms with Crippen LogP contribution >= 0.6 is 0 Å². The predicted octanol–water partition coefficient (Wildman–Crippen LogP) is -2.38. The molecule has 0 fully saturated rings. The fourth-order valence-corrected chi connectivity index (χ4v) is 1.55. The molecule has 7 N–H and O–H groups in total. The Morgan fingerprint density at radius 1 is 0.760 bits per heavy atom. The summed E-state index contributed by atoms with van der Waals surface area (Å²) in [5, 5.41) is 47.7. The molecule has 0 radical (unpaired) electrons. The molecule has 0 bridgehead atoms. The van der Waals surface area contributed by atoms with Gasteiger partial charge in [-0.3, -0.25) is 4.55 Å². The van der Waals surface area contributed by atoms with Crippen LogP contribution in [0.15, 0.2) is 23.1 Å². The van der Waals surface area contributed by atoms with Crippen molar-refractivity contribution in [3.8, 4) is 0 Å². The van der Waals surface area contributed by atoms with E-state index in [-0.39, 0.29) is 56.0 Å². The third-order valence-corrected chi connectivity index (χ3v) is 2.73. The van der Waals surface area contributed by atoms with E-state index in [1.54, 1.807) is 0 Å². The predicted molar refractivity (Wildman–Crippen MR) is 85.7 cm³/mol. The minimum absolute atomic E-state index is 0. The van der Waals surface area contributed by atoms with Crippen LogP contribution in [0.25, 0.3) is 0 Å². The van der Waals surface area contributed by atoms with Crippen molar-refractivity contribution in [2.45, 2.75) is 4.90 Å². The van der Waals surface area contributed by atoms with Gasteiger partial charge in [0.1, 0.15) is 0 Å². The first kappa shape index (κ1) is 28.7.